The summed E-state index contributed by atoms with van der Waals surface area (Å²) in [6.07, 6.45) is 2.45. The molecule has 2 bridgehead atoms. The molecule has 0 saturated heterocycles. The van der Waals surface area contributed by atoms with Crippen LogP contribution in [0.4, 0.5) is 5.69 Å². The number of halogens is 1. The Morgan fingerprint density at radius 3 is 2.79 bits per heavy atom. The molecular weight excluding hydrogens is 194 g/mol. The topological polar surface area (TPSA) is 26.0 Å². The Bertz CT molecular complexity index is 422. The highest BCUT2D eigenvalue weighted by Crippen LogP contribution is 2.58. The summed E-state index contributed by atoms with van der Waals surface area (Å²) >= 11 is 5.88. The van der Waals surface area contributed by atoms with Crippen LogP contribution in [0.2, 0.25) is 0 Å². The third-order valence-electron chi connectivity index (χ3n) is 3.57. The maximum Gasteiger partial charge on any atom is 0.0355 e. The van der Waals surface area contributed by atoms with Crippen molar-refractivity contribution in [2.75, 3.05) is 5.73 Å². The van der Waals surface area contributed by atoms with Gasteiger partial charge in [-0.2, -0.15) is 0 Å². The van der Waals surface area contributed by atoms with Crippen molar-refractivity contribution in [2.24, 2.45) is 0 Å². The highest BCUT2D eigenvalue weighted by Gasteiger charge is 2.41. The van der Waals surface area contributed by atoms with E-state index in [-0.39, 0.29) is 0 Å². The first-order chi connectivity index (χ1) is 6.83. The number of benzene rings is 1. The molecule has 2 atom stereocenters. The van der Waals surface area contributed by atoms with Gasteiger partial charge in [-0.3, -0.25) is 0 Å². The number of rotatable bonds is 0. The predicted octanol–water partition coefficient (Wildman–Crippen LogP) is 3.37. The van der Waals surface area contributed by atoms with Crippen LogP contribution < -0.4 is 5.73 Å². The molecule has 0 aromatic heterocycles. The first-order valence-electron chi connectivity index (χ1n) is 5.01. The number of hydrogen-bond donors (Lipinski definition) is 1. The molecule has 0 radical (unpaired) electrons. The monoisotopic (exact) mass is 205 g/mol. The summed E-state index contributed by atoms with van der Waals surface area (Å²) in [6, 6.07) is 6.22. The average Bonchev–Trinajstić information content (AvgIpc) is 2.73. The van der Waals surface area contributed by atoms with E-state index in [4.69, 9.17) is 17.3 Å². The number of allylic oxidation sites excluding steroid dienone is 1. The molecule has 1 aromatic carbocycles. The molecule has 2 aliphatic rings. The van der Waals surface area contributed by atoms with Crippen LogP contribution in [-0.4, -0.2) is 0 Å². The van der Waals surface area contributed by atoms with E-state index in [0.29, 0.717) is 11.8 Å². The van der Waals surface area contributed by atoms with Crippen LogP contribution >= 0.6 is 11.6 Å². The molecule has 1 nitrogen and oxygen atoms in total. The van der Waals surface area contributed by atoms with Crippen LogP contribution in [0.25, 0.3) is 0 Å². The minimum atomic E-state index is 0.508. The van der Waals surface area contributed by atoms with Gasteiger partial charge in [0.1, 0.15) is 0 Å². The fourth-order valence-corrected chi connectivity index (χ4v) is 3.32. The van der Waals surface area contributed by atoms with Crippen molar-refractivity contribution in [1.82, 2.24) is 0 Å². The number of nitrogen functional groups attached to an aromatic ring is 1. The number of hydrogen-bond acceptors (Lipinski definition) is 1. The lowest BCUT2D eigenvalue weighted by atomic mass is 9.91. The third-order valence-corrected chi connectivity index (χ3v) is 3.82. The third kappa shape index (κ3) is 0.859. The fraction of sp³-hybridized carbons (Fsp3) is 0.333. The van der Waals surface area contributed by atoms with Gasteiger partial charge in [0.05, 0.1) is 0 Å². The van der Waals surface area contributed by atoms with E-state index in [2.05, 4.69) is 6.07 Å². The molecule has 2 unspecified atom stereocenters. The van der Waals surface area contributed by atoms with Crippen molar-refractivity contribution < 1.29 is 0 Å². The van der Waals surface area contributed by atoms with E-state index in [9.17, 15) is 0 Å². The van der Waals surface area contributed by atoms with Crippen LogP contribution in [0.5, 0.6) is 0 Å². The number of fused-ring (bicyclic) bond motifs is 5. The zero-order valence-electron chi connectivity index (χ0n) is 7.83. The van der Waals surface area contributed by atoms with Gasteiger partial charge in [-0.25, -0.2) is 0 Å². The fourth-order valence-electron chi connectivity index (χ4n) is 3.02. The molecule has 2 N–H and O–H groups in total. The highest BCUT2D eigenvalue weighted by atomic mass is 35.5. The Morgan fingerprint density at radius 1 is 1.29 bits per heavy atom. The molecule has 0 spiro atoms. The van der Waals surface area contributed by atoms with Crippen LogP contribution in [0.3, 0.4) is 0 Å². The normalized spacial score (nSPS) is 31.1. The van der Waals surface area contributed by atoms with Gasteiger partial charge in [0.2, 0.25) is 0 Å². The lowest BCUT2D eigenvalue weighted by molar-refractivity contribution is 0.719. The zero-order chi connectivity index (χ0) is 9.71. The van der Waals surface area contributed by atoms with Crippen LogP contribution in [0, 0.1) is 0 Å². The maximum absolute atomic E-state index is 6.01. The minimum absolute atomic E-state index is 0.508. The van der Waals surface area contributed by atoms with Crippen molar-refractivity contribution in [3.63, 3.8) is 0 Å². The molecule has 72 valence electrons. The summed E-state index contributed by atoms with van der Waals surface area (Å²) < 4.78 is 0. The van der Waals surface area contributed by atoms with Crippen molar-refractivity contribution in [3.05, 3.63) is 40.4 Å². The molecule has 14 heavy (non-hydrogen) atoms. The first kappa shape index (κ1) is 8.37. The highest BCUT2D eigenvalue weighted by molar-refractivity contribution is 6.26. The van der Waals surface area contributed by atoms with E-state index in [1.54, 1.807) is 5.54 Å². The number of anilines is 1. The molecule has 2 aliphatic carbocycles. The van der Waals surface area contributed by atoms with Gasteiger partial charge in [-0.15, -0.1) is 0 Å². The summed E-state index contributed by atoms with van der Waals surface area (Å²) in [5.74, 6) is 1.06. The lowest BCUT2D eigenvalue weighted by Crippen LogP contribution is -2.01. The Labute approximate surface area is 88.6 Å². The number of nitrogens with two attached hydrogens (primary N) is 1. The van der Waals surface area contributed by atoms with E-state index in [0.717, 1.165) is 5.69 Å². The summed E-state index contributed by atoms with van der Waals surface area (Å²) in [5.41, 5.74) is 12.8. The Morgan fingerprint density at radius 2 is 2.07 bits per heavy atom. The largest absolute Gasteiger partial charge is 0.398 e. The summed E-state index contributed by atoms with van der Waals surface area (Å²) in [6.45, 7) is 0. The van der Waals surface area contributed by atoms with E-state index in [1.165, 1.54) is 29.5 Å². The summed E-state index contributed by atoms with van der Waals surface area (Å²) in [7, 11) is 0. The predicted molar refractivity (Wildman–Crippen MR) is 59.5 cm³/mol. The van der Waals surface area contributed by atoms with Crippen molar-refractivity contribution in [2.45, 2.75) is 24.7 Å². The van der Waals surface area contributed by atoms with E-state index < -0.39 is 0 Å². The van der Waals surface area contributed by atoms with Crippen molar-refractivity contribution >= 4 is 17.3 Å². The molecule has 1 fully saturated rings. The van der Waals surface area contributed by atoms with Crippen LogP contribution in [0.15, 0.2) is 29.3 Å². The standard InChI is InChI=1S/C12H12ClN/c13-6-10-7-4-5-9(10)12-8(7)2-1-3-11(12)14/h1-3,6-7,9H,4-5,14H2/b10-6+. The van der Waals surface area contributed by atoms with Gasteiger partial charge in [0, 0.05) is 23.1 Å². The molecule has 0 aliphatic heterocycles. The second-order valence-electron chi connectivity index (χ2n) is 4.14. The second kappa shape index (κ2) is 2.77. The van der Waals surface area contributed by atoms with Gasteiger partial charge in [0.25, 0.3) is 0 Å². The van der Waals surface area contributed by atoms with E-state index >= 15 is 0 Å². The van der Waals surface area contributed by atoms with E-state index in [1.807, 2.05) is 12.1 Å². The van der Waals surface area contributed by atoms with Crippen LogP contribution in [0.1, 0.15) is 35.8 Å². The van der Waals surface area contributed by atoms with Gasteiger partial charge in [0.15, 0.2) is 0 Å². The van der Waals surface area contributed by atoms with Gasteiger partial charge >= 0.3 is 0 Å². The Kier molecular flexibility index (Phi) is 1.65. The van der Waals surface area contributed by atoms with Gasteiger partial charge in [-0.1, -0.05) is 23.7 Å². The maximum atomic E-state index is 6.01. The van der Waals surface area contributed by atoms with Crippen LogP contribution in [-0.2, 0) is 0 Å². The quantitative estimate of drug-likeness (QED) is 0.646. The molecular formula is C12H12ClN. The second-order valence-corrected chi connectivity index (χ2v) is 4.36. The van der Waals surface area contributed by atoms with Gasteiger partial charge < -0.3 is 5.73 Å². The Hall–Kier alpha value is -0.950. The minimum Gasteiger partial charge on any atom is -0.398 e. The Balaban J connectivity index is 2.26. The molecule has 3 rings (SSSR count). The lowest BCUT2D eigenvalue weighted by Gasteiger charge is -2.15. The molecule has 1 aromatic rings. The molecule has 1 saturated carbocycles. The molecule has 2 heteroatoms. The molecule has 0 heterocycles. The van der Waals surface area contributed by atoms with Crippen molar-refractivity contribution in [1.29, 1.82) is 0 Å². The van der Waals surface area contributed by atoms with Crippen molar-refractivity contribution in [3.8, 4) is 0 Å². The smallest absolute Gasteiger partial charge is 0.0355 e. The van der Waals surface area contributed by atoms with Gasteiger partial charge in [-0.05, 0) is 35.6 Å². The molecule has 0 amide bonds. The first-order valence-corrected chi connectivity index (χ1v) is 5.45. The summed E-state index contributed by atoms with van der Waals surface area (Å²) in [4.78, 5) is 0. The zero-order valence-corrected chi connectivity index (χ0v) is 8.59. The summed E-state index contributed by atoms with van der Waals surface area (Å²) in [5, 5.41) is 0. The average molecular weight is 206 g/mol. The SMILES string of the molecule is Nc1cccc2c1C1CCC2/C1=C\Cl.